The fourth-order valence-corrected chi connectivity index (χ4v) is 1.83. The molecule has 0 aliphatic carbocycles. The second-order valence-corrected chi connectivity index (χ2v) is 4.56. The molecule has 0 spiro atoms. The molecule has 0 saturated heterocycles. The molecule has 5 nitrogen and oxygen atoms in total. The van der Waals surface area contributed by atoms with Crippen LogP contribution < -0.4 is 5.32 Å². The Labute approximate surface area is 127 Å². The van der Waals surface area contributed by atoms with Gasteiger partial charge in [-0.05, 0) is 12.1 Å². The Kier molecular flexibility index (Phi) is 7.00. The van der Waals surface area contributed by atoms with E-state index in [-0.39, 0.29) is 49.1 Å². The van der Waals surface area contributed by atoms with Crippen LogP contribution in [0.3, 0.4) is 0 Å². The van der Waals surface area contributed by atoms with E-state index < -0.39 is 5.82 Å². The molecule has 1 aromatic rings. The Morgan fingerprint density at radius 3 is 2.48 bits per heavy atom. The van der Waals surface area contributed by atoms with E-state index in [1.807, 2.05) is 12.1 Å². The highest BCUT2D eigenvalue weighted by Crippen LogP contribution is 2.21. The van der Waals surface area contributed by atoms with Crippen LogP contribution in [0.15, 0.2) is 18.2 Å². The van der Waals surface area contributed by atoms with Crippen molar-refractivity contribution in [3.8, 4) is 12.1 Å². The van der Waals surface area contributed by atoms with Crippen molar-refractivity contribution in [3.63, 3.8) is 0 Å². The molecule has 0 bridgehead atoms. The van der Waals surface area contributed by atoms with E-state index in [0.29, 0.717) is 0 Å². The number of nitrogens with zero attached hydrogens (tertiary/aromatic N) is 3. The monoisotopic (exact) mass is 308 g/mol. The summed E-state index contributed by atoms with van der Waals surface area (Å²) >= 11 is 5.65. The predicted octanol–water partition coefficient (Wildman–Crippen LogP) is 2.55. The van der Waals surface area contributed by atoms with Gasteiger partial charge in [-0.3, -0.25) is 4.79 Å². The van der Waals surface area contributed by atoms with Crippen LogP contribution in [0.25, 0.3) is 0 Å². The molecule has 0 unspecified atom stereocenters. The number of amides is 1. The highest BCUT2D eigenvalue weighted by Gasteiger charge is 2.14. The molecule has 0 aliphatic rings. The summed E-state index contributed by atoms with van der Waals surface area (Å²) in [4.78, 5) is 13.4. The molecule has 0 aliphatic heterocycles. The third kappa shape index (κ3) is 5.29. The van der Waals surface area contributed by atoms with Gasteiger partial charge in [0.2, 0.25) is 5.91 Å². The molecule has 0 aromatic heterocycles. The Hall–Kier alpha value is -2.31. The Morgan fingerprint density at radius 1 is 1.29 bits per heavy atom. The van der Waals surface area contributed by atoms with E-state index in [0.717, 1.165) is 0 Å². The smallest absolute Gasteiger partial charge is 0.241 e. The van der Waals surface area contributed by atoms with Crippen molar-refractivity contribution >= 4 is 23.2 Å². The van der Waals surface area contributed by atoms with Crippen LogP contribution in [0, 0.1) is 28.5 Å². The second kappa shape index (κ2) is 8.78. The topological polar surface area (TPSA) is 79.9 Å². The molecule has 0 atom stereocenters. The summed E-state index contributed by atoms with van der Waals surface area (Å²) in [7, 11) is 0. The average molecular weight is 309 g/mol. The van der Waals surface area contributed by atoms with Crippen molar-refractivity contribution in [2.24, 2.45) is 0 Å². The lowest BCUT2D eigenvalue weighted by Crippen LogP contribution is -2.37. The number of halogens is 2. The van der Waals surface area contributed by atoms with Gasteiger partial charge >= 0.3 is 0 Å². The van der Waals surface area contributed by atoms with E-state index in [2.05, 4.69) is 5.32 Å². The van der Waals surface area contributed by atoms with Gasteiger partial charge in [-0.2, -0.15) is 10.5 Å². The van der Waals surface area contributed by atoms with Gasteiger partial charge in [0, 0.05) is 13.1 Å². The minimum atomic E-state index is -0.618. The van der Waals surface area contributed by atoms with Gasteiger partial charge in [0.1, 0.15) is 0 Å². The third-order valence-corrected chi connectivity index (χ3v) is 3.01. The fraction of sp³-hybridized carbons (Fsp3) is 0.357. The number of hydrogen-bond donors (Lipinski definition) is 1. The van der Waals surface area contributed by atoms with Crippen LogP contribution in [0.5, 0.6) is 0 Å². The lowest BCUT2D eigenvalue weighted by molar-refractivity contribution is -0.129. The first kappa shape index (κ1) is 16.7. The number of nitrogens with one attached hydrogen (secondary N) is 1. The molecule has 1 N–H and O–H groups in total. The number of rotatable bonds is 7. The Morgan fingerprint density at radius 2 is 1.90 bits per heavy atom. The number of carbonyl (C=O) groups excluding carboxylic acids is 1. The first-order valence-corrected chi connectivity index (χ1v) is 6.67. The van der Waals surface area contributed by atoms with Gasteiger partial charge < -0.3 is 10.2 Å². The third-order valence-electron chi connectivity index (χ3n) is 2.72. The molecule has 1 aromatic carbocycles. The summed E-state index contributed by atoms with van der Waals surface area (Å²) in [6.45, 7) is 0.363. The lowest BCUT2D eigenvalue weighted by atomic mass is 10.3. The average Bonchev–Trinajstić information content (AvgIpc) is 2.48. The molecule has 7 heteroatoms. The van der Waals surface area contributed by atoms with Crippen LogP contribution in [-0.2, 0) is 4.79 Å². The van der Waals surface area contributed by atoms with Crippen LogP contribution >= 0.6 is 11.6 Å². The summed E-state index contributed by atoms with van der Waals surface area (Å²) in [5.74, 6) is -0.924. The molecule has 0 fully saturated rings. The minimum absolute atomic E-state index is 0.0294. The van der Waals surface area contributed by atoms with Gasteiger partial charge in [0.05, 0.1) is 42.2 Å². The van der Waals surface area contributed by atoms with Crippen molar-refractivity contribution in [3.05, 3.63) is 29.0 Å². The summed E-state index contributed by atoms with van der Waals surface area (Å²) in [6.07, 6.45) is 0.366. The van der Waals surface area contributed by atoms with E-state index >= 15 is 0 Å². The number of hydrogen-bond acceptors (Lipinski definition) is 4. The van der Waals surface area contributed by atoms with Crippen LogP contribution in [0.4, 0.5) is 10.1 Å². The number of anilines is 1. The van der Waals surface area contributed by atoms with Crippen LogP contribution in [-0.4, -0.2) is 30.4 Å². The largest absolute Gasteiger partial charge is 0.374 e. The molecule has 1 amide bonds. The first-order valence-electron chi connectivity index (χ1n) is 6.29. The molecule has 1 rings (SSSR count). The molecule has 0 saturated carbocycles. The minimum Gasteiger partial charge on any atom is -0.374 e. The van der Waals surface area contributed by atoms with Gasteiger partial charge in [-0.25, -0.2) is 4.39 Å². The van der Waals surface area contributed by atoms with Gasteiger partial charge in [-0.1, -0.05) is 17.7 Å². The van der Waals surface area contributed by atoms with Crippen molar-refractivity contribution in [2.75, 3.05) is 25.0 Å². The van der Waals surface area contributed by atoms with Crippen LogP contribution in [0.2, 0.25) is 5.02 Å². The zero-order valence-corrected chi connectivity index (χ0v) is 12.0. The van der Waals surface area contributed by atoms with Crippen LogP contribution in [0.1, 0.15) is 12.8 Å². The van der Waals surface area contributed by atoms with E-state index in [9.17, 15) is 9.18 Å². The zero-order valence-electron chi connectivity index (χ0n) is 11.3. The summed E-state index contributed by atoms with van der Waals surface area (Å²) in [6, 6.07) is 8.35. The summed E-state index contributed by atoms with van der Waals surface area (Å²) in [5, 5.41) is 19.8. The van der Waals surface area contributed by atoms with Crippen molar-refractivity contribution in [1.29, 1.82) is 10.5 Å². The van der Waals surface area contributed by atoms with E-state index in [4.69, 9.17) is 22.1 Å². The van der Waals surface area contributed by atoms with E-state index in [1.165, 1.54) is 17.0 Å². The van der Waals surface area contributed by atoms with Crippen molar-refractivity contribution in [2.45, 2.75) is 12.8 Å². The predicted molar refractivity (Wildman–Crippen MR) is 76.9 cm³/mol. The molecule has 21 heavy (non-hydrogen) atoms. The standard InChI is InChI=1S/C14H14ClFN4O/c15-11-4-1-5-12(14(11)16)19-10-13(21)20(8-2-6-17)9-3-7-18/h1,4-5,19H,2-3,8-10H2. The molecule has 110 valence electrons. The summed E-state index contributed by atoms with van der Waals surface area (Å²) < 4.78 is 13.7. The molecule has 0 radical (unpaired) electrons. The molecule has 0 heterocycles. The highest BCUT2D eigenvalue weighted by atomic mass is 35.5. The lowest BCUT2D eigenvalue weighted by Gasteiger charge is -2.21. The van der Waals surface area contributed by atoms with E-state index in [1.54, 1.807) is 6.07 Å². The first-order chi connectivity index (χ1) is 10.1. The maximum atomic E-state index is 13.7. The molecular weight excluding hydrogens is 295 g/mol. The Bertz CT molecular complexity index is 561. The second-order valence-electron chi connectivity index (χ2n) is 4.15. The normalized spacial score (nSPS) is 9.52. The maximum absolute atomic E-state index is 13.7. The van der Waals surface area contributed by atoms with Gasteiger partial charge in [-0.15, -0.1) is 0 Å². The van der Waals surface area contributed by atoms with Gasteiger partial charge in [0.15, 0.2) is 5.82 Å². The highest BCUT2D eigenvalue weighted by molar-refractivity contribution is 6.31. The number of benzene rings is 1. The number of nitriles is 2. The van der Waals surface area contributed by atoms with Crippen molar-refractivity contribution < 1.29 is 9.18 Å². The number of carbonyl (C=O) groups is 1. The molecular formula is C14H14ClFN4O. The fourth-order valence-electron chi connectivity index (χ4n) is 1.65. The van der Waals surface area contributed by atoms with Gasteiger partial charge in [0.25, 0.3) is 0 Å². The SMILES string of the molecule is N#CCCN(CCC#N)C(=O)CNc1cccc(Cl)c1F. The Balaban J connectivity index is 2.62. The zero-order chi connectivity index (χ0) is 15.7. The summed E-state index contributed by atoms with van der Waals surface area (Å²) in [5.41, 5.74) is 0.136. The van der Waals surface area contributed by atoms with Crippen molar-refractivity contribution in [1.82, 2.24) is 4.90 Å². The quantitative estimate of drug-likeness (QED) is 0.839. The maximum Gasteiger partial charge on any atom is 0.241 e.